The third-order valence-electron chi connectivity index (χ3n) is 3.24. The smallest absolute Gasteiger partial charge is 0.308 e. The van der Waals surface area contributed by atoms with Crippen molar-refractivity contribution < 1.29 is 24.2 Å². The van der Waals surface area contributed by atoms with Crippen LogP contribution >= 0.6 is 0 Å². The lowest BCUT2D eigenvalue weighted by molar-refractivity contribution is -0.155. The molecule has 0 aliphatic heterocycles. The van der Waals surface area contributed by atoms with Crippen LogP contribution in [0.2, 0.25) is 0 Å². The molecule has 26 heavy (non-hydrogen) atoms. The number of azide groups is 1. The molecule has 142 valence electrons. The van der Waals surface area contributed by atoms with Crippen LogP contribution in [0.3, 0.4) is 0 Å². The van der Waals surface area contributed by atoms with Crippen LogP contribution in [0, 0.1) is 0 Å². The maximum absolute atomic E-state index is 12.4. The topological polar surface area (TPSA) is 134 Å². The second-order valence-electron chi connectivity index (χ2n) is 6.56. The van der Waals surface area contributed by atoms with Gasteiger partial charge >= 0.3 is 5.97 Å². The number of hydrogen-bond donors (Lipinski definition) is 2. The van der Waals surface area contributed by atoms with Crippen LogP contribution in [0.15, 0.2) is 23.3 Å². The summed E-state index contributed by atoms with van der Waals surface area (Å²) in [6.45, 7) is 4.90. The summed E-state index contributed by atoms with van der Waals surface area (Å²) in [6, 6.07) is 3.89. The van der Waals surface area contributed by atoms with Gasteiger partial charge in [-0.2, -0.15) is 0 Å². The average Bonchev–Trinajstić information content (AvgIpc) is 2.57. The Morgan fingerprint density at radius 3 is 2.62 bits per heavy atom. The summed E-state index contributed by atoms with van der Waals surface area (Å²) in [5.74, 6) is -0.585. The Balaban J connectivity index is 2.81. The van der Waals surface area contributed by atoms with E-state index < -0.39 is 30.1 Å². The Morgan fingerprint density at radius 1 is 1.38 bits per heavy atom. The molecule has 1 rings (SSSR count). The van der Waals surface area contributed by atoms with Gasteiger partial charge in [-0.1, -0.05) is 11.2 Å². The van der Waals surface area contributed by atoms with E-state index >= 15 is 0 Å². The van der Waals surface area contributed by atoms with Gasteiger partial charge in [-0.3, -0.25) is 9.59 Å². The van der Waals surface area contributed by atoms with E-state index in [4.69, 9.17) is 15.0 Å². The molecule has 2 N–H and O–H groups in total. The highest BCUT2D eigenvalue weighted by atomic mass is 16.6. The summed E-state index contributed by atoms with van der Waals surface area (Å²) in [5.41, 5.74) is 8.67. The number of aliphatic hydroxyl groups excluding tert-OH is 1. The number of amides is 1. The van der Waals surface area contributed by atoms with Crippen LogP contribution in [-0.2, 0) is 16.1 Å². The molecule has 0 radical (unpaired) electrons. The molecule has 1 amide bonds. The first-order valence-corrected chi connectivity index (χ1v) is 8.01. The number of aliphatic hydroxyl groups is 1. The Hall–Kier alpha value is -2.77. The predicted molar refractivity (Wildman–Crippen MR) is 94.6 cm³/mol. The van der Waals surface area contributed by atoms with Gasteiger partial charge in [0.2, 0.25) is 0 Å². The third kappa shape index (κ3) is 7.00. The molecule has 1 atom stereocenters. The molecule has 0 aromatic heterocycles. The van der Waals surface area contributed by atoms with Gasteiger partial charge in [0.25, 0.3) is 5.91 Å². The first-order valence-electron chi connectivity index (χ1n) is 8.01. The van der Waals surface area contributed by atoms with Crippen LogP contribution in [0.25, 0.3) is 10.4 Å². The highest BCUT2D eigenvalue weighted by molar-refractivity contribution is 5.95. The zero-order valence-corrected chi connectivity index (χ0v) is 15.4. The van der Waals surface area contributed by atoms with Crippen molar-refractivity contribution in [2.75, 3.05) is 13.7 Å². The molecule has 9 nitrogen and oxygen atoms in total. The fourth-order valence-electron chi connectivity index (χ4n) is 2.14. The summed E-state index contributed by atoms with van der Waals surface area (Å²) < 4.78 is 10.4. The van der Waals surface area contributed by atoms with E-state index in [0.717, 1.165) is 0 Å². The van der Waals surface area contributed by atoms with Gasteiger partial charge in [-0.15, -0.1) is 0 Å². The molecule has 0 aliphatic carbocycles. The third-order valence-corrected chi connectivity index (χ3v) is 3.24. The van der Waals surface area contributed by atoms with Crippen LogP contribution in [0.1, 0.15) is 43.1 Å². The zero-order chi connectivity index (χ0) is 19.7. The zero-order valence-electron chi connectivity index (χ0n) is 15.4. The van der Waals surface area contributed by atoms with Gasteiger partial charge in [0, 0.05) is 10.5 Å². The molecular weight excluding hydrogens is 340 g/mol. The van der Waals surface area contributed by atoms with Gasteiger partial charge in [0.05, 0.1) is 32.7 Å². The highest BCUT2D eigenvalue weighted by Crippen LogP contribution is 2.21. The Morgan fingerprint density at radius 2 is 2.08 bits per heavy atom. The summed E-state index contributed by atoms with van der Waals surface area (Å²) in [5, 5.41) is 15.5. The monoisotopic (exact) mass is 364 g/mol. The largest absolute Gasteiger partial charge is 0.496 e. The lowest BCUT2D eigenvalue weighted by atomic mass is 10.1. The quantitative estimate of drug-likeness (QED) is 0.316. The van der Waals surface area contributed by atoms with Crippen molar-refractivity contribution in [3.8, 4) is 5.75 Å². The minimum absolute atomic E-state index is 0.0967. The Bertz CT molecular complexity index is 693. The normalized spacial score (nSPS) is 11.9. The first-order chi connectivity index (χ1) is 12.2. The maximum atomic E-state index is 12.4. The molecular formula is C17H24N4O5. The van der Waals surface area contributed by atoms with E-state index in [0.29, 0.717) is 11.3 Å². The number of nitrogens with zero attached hydrogens (tertiary/aromatic N) is 3. The molecule has 0 aliphatic rings. The van der Waals surface area contributed by atoms with Crippen molar-refractivity contribution in [3.63, 3.8) is 0 Å². The van der Waals surface area contributed by atoms with Gasteiger partial charge in [-0.05, 0) is 44.0 Å². The van der Waals surface area contributed by atoms with Crippen molar-refractivity contribution in [2.45, 2.75) is 45.4 Å². The van der Waals surface area contributed by atoms with E-state index in [1.165, 1.54) is 13.2 Å². The van der Waals surface area contributed by atoms with Gasteiger partial charge < -0.3 is 19.9 Å². The summed E-state index contributed by atoms with van der Waals surface area (Å²) in [4.78, 5) is 26.9. The van der Waals surface area contributed by atoms with Gasteiger partial charge in [-0.25, -0.2) is 0 Å². The summed E-state index contributed by atoms with van der Waals surface area (Å²) in [6.07, 6.45) is -0.147. The van der Waals surface area contributed by atoms with Gasteiger partial charge in [0.1, 0.15) is 11.4 Å². The van der Waals surface area contributed by atoms with E-state index in [2.05, 4.69) is 15.3 Å². The number of methoxy groups -OCH3 is 1. The number of carbonyl (C=O) groups excluding carboxylic acids is 2. The number of ether oxygens (including phenoxy) is 2. The van der Waals surface area contributed by atoms with E-state index in [-0.39, 0.29) is 18.5 Å². The number of hydrogen-bond acceptors (Lipinski definition) is 6. The fraction of sp³-hybridized carbons (Fsp3) is 0.529. The predicted octanol–water partition coefficient (Wildman–Crippen LogP) is 2.33. The first kappa shape index (κ1) is 21.3. The summed E-state index contributed by atoms with van der Waals surface area (Å²) in [7, 11) is 1.44. The number of benzene rings is 1. The van der Waals surface area contributed by atoms with Crippen LogP contribution in [0.4, 0.5) is 0 Å². The molecule has 0 unspecified atom stereocenters. The number of carbonyl (C=O) groups is 2. The minimum Gasteiger partial charge on any atom is -0.496 e. The van der Waals surface area contributed by atoms with Crippen LogP contribution in [-0.4, -0.2) is 42.3 Å². The molecule has 0 fully saturated rings. The number of esters is 1. The molecule has 0 bridgehead atoms. The second kappa shape index (κ2) is 9.65. The Kier molecular flexibility index (Phi) is 7.89. The second-order valence-corrected chi connectivity index (χ2v) is 6.56. The fourth-order valence-corrected chi connectivity index (χ4v) is 2.14. The van der Waals surface area contributed by atoms with Gasteiger partial charge in [0.15, 0.2) is 0 Å². The summed E-state index contributed by atoms with van der Waals surface area (Å²) >= 11 is 0. The molecule has 1 aromatic rings. The molecule has 0 saturated carbocycles. The number of rotatable bonds is 8. The lowest BCUT2D eigenvalue weighted by Crippen LogP contribution is -2.40. The SMILES string of the molecule is COc1cc(C(=O)N[C@H](CO)CC(=O)OC(C)(C)C)ccc1CN=[N+]=[N-]. The van der Waals surface area contributed by atoms with Crippen molar-refractivity contribution in [3.05, 3.63) is 39.8 Å². The standard InChI is InChI=1S/C17H24N4O5/c1-17(2,3)26-15(23)8-13(10-22)20-16(24)11-5-6-12(9-19-21-18)14(7-11)25-4/h5-7,13,22H,8-10H2,1-4H3,(H,20,24)/t13-/m0/s1. The molecule has 1 aromatic carbocycles. The molecule has 0 saturated heterocycles. The molecule has 0 heterocycles. The lowest BCUT2D eigenvalue weighted by Gasteiger charge is -2.22. The van der Waals surface area contributed by atoms with Crippen LogP contribution < -0.4 is 10.1 Å². The average molecular weight is 364 g/mol. The molecule has 9 heteroatoms. The minimum atomic E-state index is -0.772. The molecule has 0 spiro atoms. The van der Waals surface area contributed by atoms with Crippen molar-refractivity contribution in [2.24, 2.45) is 5.11 Å². The van der Waals surface area contributed by atoms with Crippen molar-refractivity contribution >= 4 is 11.9 Å². The van der Waals surface area contributed by atoms with Crippen molar-refractivity contribution in [1.29, 1.82) is 0 Å². The van der Waals surface area contributed by atoms with E-state index in [9.17, 15) is 14.7 Å². The number of nitrogens with one attached hydrogen (secondary N) is 1. The van der Waals surface area contributed by atoms with Crippen molar-refractivity contribution in [1.82, 2.24) is 5.32 Å². The van der Waals surface area contributed by atoms with Crippen LogP contribution in [0.5, 0.6) is 5.75 Å². The Labute approximate surface area is 151 Å². The van der Waals surface area contributed by atoms with E-state index in [1.54, 1.807) is 32.9 Å². The van der Waals surface area contributed by atoms with E-state index in [1.807, 2.05) is 0 Å². The highest BCUT2D eigenvalue weighted by Gasteiger charge is 2.22. The maximum Gasteiger partial charge on any atom is 0.308 e.